The number of aryl methyl sites for hydroxylation is 1. The molecule has 0 atom stereocenters. The number of nitrogens with one attached hydrogen (secondary N) is 1. The van der Waals surface area contributed by atoms with Crippen molar-refractivity contribution in [2.75, 3.05) is 13.7 Å². The van der Waals surface area contributed by atoms with E-state index >= 15 is 0 Å². The summed E-state index contributed by atoms with van der Waals surface area (Å²) in [6.45, 7) is 3.26. The van der Waals surface area contributed by atoms with E-state index in [1.54, 1.807) is 13.2 Å². The number of amides is 1. The largest absolute Gasteiger partial charge is 0.497 e. The number of nitrogens with zero attached hydrogens (tertiary/aromatic N) is 1. The highest BCUT2D eigenvalue weighted by Gasteiger charge is 2.14. The highest BCUT2D eigenvalue weighted by Crippen LogP contribution is 2.24. The second-order valence-electron chi connectivity index (χ2n) is 7.96. The van der Waals surface area contributed by atoms with Crippen LogP contribution in [0.5, 0.6) is 5.75 Å². The Balaban J connectivity index is 1.53. The number of hydrogen-bond acceptors (Lipinski definition) is 2. The molecule has 3 aromatic carbocycles. The van der Waals surface area contributed by atoms with E-state index in [1.807, 2.05) is 65.7 Å². The summed E-state index contributed by atoms with van der Waals surface area (Å²) in [4.78, 5) is 18.4. The van der Waals surface area contributed by atoms with Crippen LogP contribution >= 0.6 is 0 Å². The molecule has 0 unspecified atom stereocenters. The molecule has 0 fully saturated rings. The van der Waals surface area contributed by atoms with E-state index in [1.165, 1.54) is 11.1 Å². The van der Waals surface area contributed by atoms with Gasteiger partial charge in [0.2, 0.25) is 5.91 Å². The van der Waals surface area contributed by atoms with Crippen molar-refractivity contribution in [3.63, 3.8) is 0 Å². The van der Waals surface area contributed by atoms with E-state index in [9.17, 15) is 4.79 Å². The maximum absolute atomic E-state index is 13.1. The Labute approximate surface area is 189 Å². The van der Waals surface area contributed by atoms with Gasteiger partial charge in [-0.2, -0.15) is 0 Å². The van der Waals surface area contributed by atoms with Crippen LogP contribution in [0.3, 0.4) is 0 Å². The van der Waals surface area contributed by atoms with Gasteiger partial charge in [0.1, 0.15) is 5.75 Å². The van der Waals surface area contributed by atoms with Gasteiger partial charge in [0.25, 0.3) is 0 Å². The third-order valence-electron chi connectivity index (χ3n) is 5.65. The Bertz CT molecular complexity index is 1210. The summed E-state index contributed by atoms with van der Waals surface area (Å²) < 4.78 is 5.39. The second-order valence-corrected chi connectivity index (χ2v) is 7.96. The zero-order valence-electron chi connectivity index (χ0n) is 18.5. The highest BCUT2D eigenvalue weighted by molar-refractivity contribution is 5.92. The van der Waals surface area contributed by atoms with Gasteiger partial charge in [0.05, 0.1) is 7.11 Å². The van der Waals surface area contributed by atoms with Crippen molar-refractivity contribution in [1.82, 2.24) is 9.88 Å². The summed E-state index contributed by atoms with van der Waals surface area (Å²) >= 11 is 0. The van der Waals surface area contributed by atoms with Crippen LogP contribution < -0.4 is 4.74 Å². The number of ether oxygens (including phenoxy) is 1. The molecule has 4 nitrogen and oxygen atoms in total. The zero-order valence-corrected chi connectivity index (χ0v) is 18.5. The summed E-state index contributed by atoms with van der Waals surface area (Å²) in [6.07, 6.45) is 6.32. The second kappa shape index (κ2) is 10.0. The molecule has 0 aliphatic carbocycles. The van der Waals surface area contributed by atoms with E-state index < -0.39 is 0 Å². The molecular weight excluding hydrogens is 396 g/mol. The van der Waals surface area contributed by atoms with Gasteiger partial charge >= 0.3 is 0 Å². The number of hydrogen-bond donors (Lipinski definition) is 1. The van der Waals surface area contributed by atoms with Crippen molar-refractivity contribution in [3.05, 3.63) is 107 Å². The third-order valence-corrected chi connectivity index (χ3v) is 5.65. The van der Waals surface area contributed by atoms with E-state index in [0.717, 1.165) is 34.2 Å². The summed E-state index contributed by atoms with van der Waals surface area (Å²) in [5.74, 6) is 0.837. The van der Waals surface area contributed by atoms with Crippen LogP contribution in [0.15, 0.2) is 85.1 Å². The van der Waals surface area contributed by atoms with Crippen molar-refractivity contribution in [3.8, 4) is 5.75 Å². The van der Waals surface area contributed by atoms with Gasteiger partial charge in [-0.05, 0) is 54.3 Å². The van der Waals surface area contributed by atoms with Crippen LogP contribution in [0.4, 0.5) is 0 Å². The summed E-state index contributed by atoms with van der Waals surface area (Å²) in [7, 11) is 1.68. The predicted molar refractivity (Wildman–Crippen MR) is 131 cm³/mol. The van der Waals surface area contributed by atoms with Gasteiger partial charge in [-0.3, -0.25) is 4.79 Å². The van der Waals surface area contributed by atoms with Crippen molar-refractivity contribution in [2.24, 2.45) is 0 Å². The summed E-state index contributed by atoms with van der Waals surface area (Å²) in [5, 5.41) is 1.13. The lowest BCUT2D eigenvalue weighted by Crippen LogP contribution is -2.31. The Morgan fingerprint density at radius 1 is 1.03 bits per heavy atom. The molecule has 1 heterocycles. The molecule has 1 aromatic heterocycles. The van der Waals surface area contributed by atoms with Crippen LogP contribution in [0, 0.1) is 6.92 Å². The first-order chi connectivity index (χ1) is 15.6. The van der Waals surface area contributed by atoms with Crippen molar-refractivity contribution in [2.45, 2.75) is 19.9 Å². The number of carbonyl (C=O) groups is 1. The Morgan fingerprint density at radius 3 is 2.56 bits per heavy atom. The molecule has 0 saturated heterocycles. The molecular formula is C28H28N2O2. The van der Waals surface area contributed by atoms with Crippen molar-refractivity contribution in [1.29, 1.82) is 0 Å². The molecule has 162 valence electrons. The SMILES string of the molecule is COc1ccc2[nH]cc(CCN(Cc3ccc(C)cc3)C(=O)/C=C/c3ccccc3)c2c1. The standard InChI is InChI=1S/C28H28N2O2/c1-21-8-10-23(11-9-21)20-30(28(31)15-12-22-6-4-3-5-7-22)17-16-24-19-29-27-14-13-25(32-2)18-26(24)27/h3-15,18-19,29H,16-17,20H2,1-2H3/b15-12+. The number of methoxy groups -OCH3 is 1. The minimum atomic E-state index is 0.00634. The van der Waals surface area contributed by atoms with E-state index in [2.05, 4.69) is 36.2 Å². The molecule has 0 aliphatic heterocycles. The number of H-pyrrole nitrogens is 1. The van der Waals surface area contributed by atoms with Gasteiger partial charge in [-0.15, -0.1) is 0 Å². The molecule has 1 N–H and O–H groups in total. The molecule has 32 heavy (non-hydrogen) atoms. The van der Waals surface area contributed by atoms with Gasteiger partial charge in [-0.25, -0.2) is 0 Å². The number of carbonyl (C=O) groups excluding carboxylic acids is 1. The quantitative estimate of drug-likeness (QED) is 0.365. The van der Waals surface area contributed by atoms with Crippen LogP contribution in [-0.2, 0) is 17.8 Å². The van der Waals surface area contributed by atoms with Crippen LogP contribution in [0.1, 0.15) is 22.3 Å². The Morgan fingerprint density at radius 2 is 1.81 bits per heavy atom. The number of rotatable bonds is 8. The number of fused-ring (bicyclic) bond motifs is 1. The first kappa shape index (κ1) is 21.4. The minimum absolute atomic E-state index is 0.00634. The molecule has 1 amide bonds. The van der Waals surface area contributed by atoms with Crippen molar-refractivity contribution < 1.29 is 9.53 Å². The fraction of sp³-hybridized carbons (Fsp3) is 0.179. The first-order valence-corrected chi connectivity index (χ1v) is 10.8. The van der Waals surface area contributed by atoms with Gasteiger partial charge in [0, 0.05) is 36.3 Å². The van der Waals surface area contributed by atoms with Crippen LogP contribution in [0.25, 0.3) is 17.0 Å². The third kappa shape index (κ3) is 5.27. The molecule has 4 heteroatoms. The molecule has 4 rings (SSSR count). The molecule has 0 bridgehead atoms. The maximum atomic E-state index is 13.1. The number of benzene rings is 3. The first-order valence-electron chi connectivity index (χ1n) is 10.8. The van der Waals surface area contributed by atoms with Crippen LogP contribution in [-0.4, -0.2) is 29.4 Å². The zero-order chi connectivity index (χ0) is 22.3. The summed E-state index contributed by atoms with van der Waals surface area (Å²) in [6, 6.07) is 24.3. The topological polar surface area (TPSA) is 45.3 Å². The molecule has 0 radical (unpaired) electrons. The molecule has 0 spiro atoms. The lowest BCUT2D eigenvalue weighted by Gasteiger charge is -2.21. The molecule has 4 aromatic rings. The average Bonchev–Trinajstić information content (AvgIpc) is 3.24. The van der Waals surface area contributed by atoms with E-state index in [4.69, 9.17) is 4.74 Å². The van der Waals surface area contributed by atoms with E-state index in [0.29, 0.717) is 13.1 Å². The van der Waals surface area contributed by atoms with E-state index in [-0.39, 0.29) is 5.91 Å². The van der Waals surface area contributed by atoms with Crippen molar-refractivity contribution >= 4 is 22.9 Å². The fourth-order valence-corrected chi connectivity index (χ4v) is 3.76. The number of aromatic nitrogens is 1. The Kier molecular flexibility index (Phi) is 6.71. The smallest absolute Gasteiger partial charge is 0.246 e. The highest BCUT2D eigenvalue weighted by atomic mass is 16.5. The normalized spacial score (nSPS) is 11.2. The van der Waals surface area contributed by atoms with Gasteiger partial charge < -0.3 is 14.6 Å². The Hall–Kier alpha value is -3.79. The fourth-order valence-electron chi connectivity index (χ4n) is 3.76. The molecule has 0 aliphatic rings. The van der Waals surface area contributed by atoms with Gasteiger partial charge in [-0.1, -0.05) is 60.2 Å². The number of aromatic amines is 1. The monoisotopic (exact) mass is 424 g/mol. The predicted octanol–water partition coefficient (Wildman–Crippen LogP) is 5.77. The van der Waals surface area contributed by atoms with Crippen LogP contribution in [0.2, 0.25) is 0 Å². The average molecular weight is 425 g/mol. The van der Waals surface area contributed by atoms with Gasteiger partial charge in [0.15, 0.2) is 0 Å². The lowest BCUT2D eigenvalue weighted by molar-refractivity contribution is -0.126. The minimum Gasteiger partial charge on any atom is -0.497 e. The molecule has 0 saturated carbocycles. The summed E-state index contributed by atoms with van der Waals surface area (Å²) in [5.41, 5.74) is 5.59. The lowest BCUT2D eigenvalue weighted by atomic mass is 10.1. The maximum Gasteiger partial charge on any atom is 0.246 e.